The molecule has 0 unspecified atom stereocenters. The summed E-state index contributed by atoms with van der Waals surface area (Å²) in [5, 5.41) is 3.16. The summed E-state index contributed by atoms with van der Waals surface area (Å²) in [7, 11) is 1.87. The summed E-state index contributed by atoms with van der Waals surface area (Å²) in [6.45, 7) is 0.691. The van der Waals surface area contributed by atoms with E-state index in [-0.39, 0.29) is 0 Å². The number of nitrogens with one attached hydrogen (secondary N) is 1. The van der Waals surface area contributed by atoms with Gasteiger partial charge < -0.3 is 9.88 Å². The van der Waals surface area contributed by atoms with Crippen molar-refractivity contribution in [1.29, 1.82) is 0 Å². The lowest BCUT2D eigenvalue weighted by Gasteiger charge is -2.09. The number of hydrogen-bond acceptors (Lipinski definition) is 5. The molecule has 4 aromatic heterocycles. The van der Waals surface area contributed by atoms with Gasteiger partial charge in [0.2, 0.25) is 5.95 Å². The SMILES string of the molecule is CNc1nc2cnc(-c3cccnc3)cc2n1Cc1cccnc1. The van der Waals surface area contributed by atoms with Gasteiger partial charge in [-0.25, -0.2) is 4.98 Å². The molecule has 0 radical (unpaired) electrons. The van der Waals surface area contributed by atoms with Crippen molar-refractivity contribution in [3.63, 3.8) is 0 Å². The van der Waals surface area contributed by atoms with Crippen LogP contribution in [0.1, 0.15) is 5.56 Å². The summed E-state index contributed by atoms with van der Waals surface area (Å²) in [6, 6.07) is 9.96. The van der Waals surface area contributed by atoms with Gasteiger partial charge in [0.05, 0.1) is 24.0 Å². The number of anilines is 1. The molecule has 1 N–H and O–H groups in total. The first-order chi connectivity index (χ1) is 11.8. The number of nitrogens with zero attached hydrogens (tertiary/aromatic N) is 5. The third-order valence-corrected chi connectivity index (χ3v) is 3.88. The summed E-state index contributed by atoms with van der Waals surface area (Å²) < 4.78 is 2.13. The molecule has 4 rings (SSSR count). The number of rotatable bonds is 4. The largest absolute Gasteiger partial charge is 0.359 e. The highest BCUT2D eigenvalue weighted by molar-refractivity contribution is 5.82. The minimum atomic E-state index is 0.691. The van der Waals surface area contributed by atoms with Gasteiger partial charge in [-0.05, 0) is 29.8 Å². The van der Waals surface area contributed by atoms with E-state index in [0.29, 0.717) is 6.54 Å². The fourth-order valence-electron chi connectivity index (χ4n) is 2.73. The van der Waals surface area contributed by atoms with Gasteiger partial charge in [-0.15, -0.1) is 0 Å². The standard InChI is InChI=1S/C18H16N6/c1-19-18-23-16-11-22-15(14-5-3-7-21-10-14)8-17(16)24(18)12-13-4-2-6-20-9-13/h2-11H,12H2,1H3,(H,19,23). The van der Waals surface area contributed by atoms with Crippen molar-refractivity contribution in [2.75, 3.05) is 12.4 Å². The van der Waals surface area contributed by atoms with E-state index in [1.165, 1.54) is 0 Å². The Balaban J connectivity index is 1.84. The summed E-state index contributed by atoms with van der Waals surface area (Å²) in [5.74, 6) is 0.805. The quantitative estimate of drug-likeness (QED) is 0.627. The van der Waals surface area contributed by atoms with Crippen molar-refractivity contribution in [3.8, 4) is 11.3 Å². The lowest BCUT2D eigenvalue weighted by atomic mass is 10.2. The molecule has 4 heterocycles. The topological polar surface area (TPSA) is 68.5 Å². The van der Waals surface area contributed by atoms with Gasteiger partial charge in [-0.2, -0.15) is 0 Å². The van der Waals surface area contributed by atoms with Crippen LogP contribution in [0.3, 0.4) is 0 Å². The molecule has 0 bridgehead atoms. The highest BCUT2D eigenvalue weighted by atomic mass is 15.2. The number of hydrogen-bond donors (Lipinski definition) is 1. The second-order valence-corrected chi connectivity index (χ2v) is 5.43. The van der Waals surface area contributed by atoms with E-state index >= 15 is 0 Å². The van der Waals surface area contributed by atoms with Crippen LogP contribution in [0.4, 0.5) is 5.95 Å². The van der Waals surface area contributed by atoms with Crippen LogP contribution >= 0.6 is 0 Å². The molecule has 0 amide bonds. The van der Waals surface area contributed by atoms with Crippen LogP contribution in [0, 0.1) is 0 Å². The van der Waals surface area contributed by atoms with Crippen molar-refractivity contribution in [2.24, 2.45) is 0 Å². The van der Waals surface area contributed by atoms with Crippen LogP contribution in [-0.4, -0.2) is 31.6 Å². The average molecular weight is 316 g/mol. The molecule has 24 heavy (non-hydrogen) atoms. The molecule has 0 aliphatic carbocycles. The molecule has 0 aliphatic rings. The Morgan fingerprint density at radius 3 is 2.58 bits per heavy atom. The Hall–Kier alpha value is -3.28. The maximum absolute atomic E-state index is 4.62. The first-order valence-corrected chi connectivity index (χ1v) is 7.68. The van der Waals surface area contributed by atoms with Gasteiger partial charge >= 0.3 is 0 Å². The lowest BCUT2D eigenvalue weighted by Crippen LogP contribution is -2.05. The Kier molecular flexibility index (Phi) is 3.63. The smallest absolute Gasteiger partial charge is 0.203 e. The summed E-state index contributed by atoms with van der Waals surface area (Å²) >= 11 is 0. The monoisotopic (exact) mass is 316 g/mol. The Labute approximate surface area is 139 Å². The first kappa shape index (κ1) is 14.3. The van der Waals surface area contributed by atoms with Crippen LogP contribution < -0.4 is 5.32 Å². The Bertz CT molecular complexity index is 963. The highest BCUT2D eigenvalue weighted by Gasteiger charge is 2.12. The van der Waals surface area contributed by atoms with Crippen molar-refractivity contribution in [1.82, 2.24) is 24.5 Å². The average Bonchev–Trinajstić information content (AvgIpc) is 3.00. The van der Waals surface area contributed by atoms with E-state index in [1.54, 1.807) is 18.6 Å². The summed E-state index contributed by atoms with van der Waals surface area (Å²) in [6.07, 6.45) is 9.02. The minimum Gasteiger partial charge on any atom is -0.359 e. The summed E-state index contributed by atoms with van der Waals surface area (Å²) in [4.78, 5) is 17.5. The zero-order chi connectivity index (χ0) is 16.4. The van der Waals surface area contributed by atoms with Gasteiger partial charge in [0.25, 0.3) is 0 Å². The number of imidazole rings is 1. The molecule has 0 saturated heterocycles. The molecule has 0 spiro atoms. The van der Waals surface area contributed by atoms with Gasteiger partial charge in [-0.1, -0.05) is 6.07 Å². The van der Waals surface area contributed by atoms with E-state index in [0.717, 1.165) is 33.8 Å². The normalized spacial score (nSPS) is 10.9. The third kappa shape index (κ3) is 2.58. The number of fused-ring (bicyclic) bond motifs is 1. The van der Waals surface area contributed by atoms with E-state index in [9.17, 15) is 0 Å². The van der Waals surface area contributed by atoms with Gasteiger partial charge in [-0.3, -0.25) is 15.0 Å². The van der Waals surface area contributed by atoms with Crippen molar-refractivity contribution in [2.45, 2.75) is 6.54 Å². The fourth-order valence-corrected chi connectivity index (χ4v) is 2.73. The Morgan fingerprint density at radius 1 is 1.04 bits per heavy atom. The van der Waals surface area contributed by atoms with Crippen LogP contribution in [0.15, 0.2) is 61.3 Å². The maximum atomic E-state index is 4.62. The van der Waals surface area contributed by atoms with Gasteiger partial charge in [0, 0.05) is 37.4 Å². The lowest BCUT2D eigenvalue weighted by molar-refractivity contribution is 0.827. The number of pyridine rings is 3. The van der Waals surface area contributed by atoms with Crippen molar-refractivity contribution >= 4 is 17.0 Å². The third-order valence-electron chi connectivity index (χ3n) is 3.88. The van der Waals surface area contributed by atoms with Crippen molar-refractivity contribution in [3.05, 3.63) is 66.9 Å². The molecule has 6 nitrogen and oxygen atoms in total. The predicted molar refractivity (Wildman–Crippen MR) is 93.6 cm³/mol. The Morgan fingerprint density at radius 2 is 1.88 bits per heavy atom. The second kappa shape index (κ2) is 6.08. The van der Waals surface area contributed by atoms with Gasteiger partial charge in [0.1, 0.15) is 5.52 Å². The molecule has 0 atom stereocenters. The molecule has 0 aromatic carbocycles. The molecular weight excluding hydrogens is 300 g/mol. The van der Waals surface area contributed by atoms with Crippen LogP contribution in [0.25, 0.3) is 22.3 Å². The highest BCUT2D eigenvalue weighted by Crippen LogP contribution is 2.25. The van der Waals surface area contributed by atoms with Crippen LogP contribution in [-0.2, 0) is 6.54 Å². The maximum Gasteiger partial charge on any atom is 0.203 e. The fraction of sp³-hybridized carbons (Fsp3) is 0.111. The molecular formula is C18H16N6. The first-order valence-electron chi connectivity index (χ1n) is 7.68. The molecule has 118 valence electrons. The molecule has 6 heteroatoms. The van der Waals surface area contributed by atoms with E-state index < -0.39 is 0 Å². The van der Waals surface area contributed by atoms with Crippen LogP contribution in [0.2, 0.25) is 0 Å². The van der Waals surface area contributed by atoms with E-state index in [2.05, 4.69) is 42.0 Å². The van der Waals surface area contributed by atoms with E-state index in [4.69, 9.17) is 0 Å². The minimum absolute atomic E-state index is 0.691. The second-order valence-electron chi connectivity index (χ2n) is 5.43. The molecule has 4 aromatic rings. The van der Waals surface area contributed by atoms with Crippen molar-refractivity contribution < 1.29 is 0 Å². The van der Waals surface area contributed by atoms with Gasteiger partial charge in [0.15, 0.2) is 0 Å². The van der Waals surface area contributed by atoms with Crippen LogP contribution in [0.5, 0.6) is 0 Å². The zero-order valence-electron chi connectivity index (χ0n) is 13.2. The van der Waals surface area contributed by atoms with E-state index in [1.807, 2.05) is 37.6 Å². The molecule has 0 aliphatic heterocycles. The summed E-state index contributed by atoms with van der Waals surface area (Å²) in [5.41, 5.74) is 4.87. The predicted octanol–water partition coefficient (Wildman–Crippen LogP) is 2.98. The zero-order valence-corrected chi connectivity index (χ0v) is 13.2. The molecule has 0 fully saturated rings. The molecule has 0 saturated carbocycles. The number of aromatic nitrogens is 5.